The molecule has 0 saturated carbocycles. The molecule has 1 fully saturated rings. The maximum atomic E-state index is 10.7. The topological polar surface area (TPSA) is 77.7 Å². The number of hydrogen-bond acceptors (Lipinski definition) is 4. The van der Waals surface area contributed by atoms with Crippen LogP contribution >= 0.6 is 24.0 Å². The second kappa shape index (κ2) is 11.2. The van der Waals surface area contributed by atoms with Crippen molar-refractivity contribution in [2.45, 2.75) is 64.6 Å². The molecule has 3 unspecified atom stereocenters. The Morgan fingerprint density at radius 2 is 2.19 bits per heavy atom. The third-order valence-electron chi connectivity index (χ3n) is 5.20. The van der Waals surface area contributed by atoms with Gasteiger partial charge in [0, 0.05) is 44.0 Å². The number of aliphatic imine (C=N–C) groups is 1. The Morgan fingerprint density at radius 1 is 1.44 bits per heavy atom. The third kappa shape index (κ3) is 7.23. The first-order chi connectivity index (χ1) is 12.3. The van der Waals surface area contributed by atoms with E-state index in [0.717, 1.165) is 24.6 Å². The fourth-order valence-electron chi connectivity index (χ4n) is 3.50. The zero-order valence-electron chi connectivity index (χ0n) is 17.4. The number of rotatable bonds is 7. The van der Waals surface area contributed by atoms with Crippen LogP contribution in [0.5, 0.6) is 0 Å². The molecule has 1 aromatic heterocycles. The second-order valence-electron chi connectivity index (χ2n) is 7.68. The minimum atomic E-state index is -1.04. The van der Waals surface area contributed by atoms with Crippen molar-refractivity contribution >= 4 is 29.9 Å². The molecule has 27 heavy (non-hydrogen) atoms. The van der Waals surface area contributed by atoms with E-state index in [1.54, 1.807) is 17.8 Å². The van der Waals surface area contributed by atoms with E-state index in [-0.39, 0.29) is 30.5 Å². The Hall–Kier alpha value is -0.870. The van der Waals surface area contributed by atoms with Crippen LogP contribution in [0.1, 0.15) is 52.5 Å². The summed E-state index contributed by atoms with van der Waals surface area (Å²) in [6.45, 7) is 11.5. The maximum absolute atomic E-state index is 10.7. The second-order valence-corrected chi connectivity index (χ2v) is 7.68. The largest absolute Gasteiger partial charge is 0.383 e. The molecule has 156 valence electrons. The smallest absolute Gasteiger partial charge is 0.191 e. The van der Waals surface area contributed by atoms with Gasteiger partial charge in [-0.25, -0.2) is 4.99 Å². The highest BCUT2D eigenvalue weighted by Crippen LogP contribution is 2.20. The number of nitrogens with zero attached hydrogens (tertiary/aromatic N) is 4. The SMILES string of the molecule is CCNC(=NCC(C)(O)c1cnn(C)c1)NCC(C)N1CCCCC1C.I. The third-order valence-corrected chi connectivity index (χ3v) is 5.20. The van der Waals surface area contributed by atoms with Gasteiger partial charge in [0.1, 0.15) is 5.60 Å². The number of halogens is 1. The molecule has 3 atom stereocenters. The Balaban J connectivity index is 0.00000364. The monoisotopic (exact) mass is 492 g/mol. The molecule has 8 heteroatoms. The van der Waals surface area contributed by atoms with Crippen molar-refractivity contribution in [3.8, 4) is 0 Å². The molecule has 1 aromatic rings. The Kier molecular flexibility index (Phi) is 10.0. The summed E-state index contributed by atoms with van der Waals surface area (Å²) in [6.07, 6.45) is 7.43. The standard InChI is InChI=1S/C19H36N6O.HI/c1-6-20-18(21-11-16(3)25-10-8-7-9-15(25)2)22-14-19(4,26)17-12-23-24(5)13-17;/h12-13,15-16,26H,6-11,14H2,1-5H3,(H2,20,21,22);1H. The summed E-state index contributed by atoms with van der Waals surface area (Å²) in [5.41, 5.74) is -0.265. The van der Waals surface area contributed by atoms with Crippen LogP contribution < -0.4 is 10.6 Å². The molecule has 0 radical (unpaired) electrons. The Morgan fingerprint density at radius 3 is 2.78 bits per heavy atom. The molecule has 0 spiro atoms. The van der Waals surface area contributed by atoms with Crippen molar-refractivity contribution in [1.29, 1.82) is 0 Å². The summed E-state index contributed by atoms with van der Waals surface area (Å²) in [6, 6.07) is 1.10. The van der Waals surface area contributed by atoms with E-state index in [9.17, 15) is 5.11 Å². The van der Waals surface area contributed by atoms with E-state index in [0.29, 0.717) is 12.1 Å². The summed E-state index contributed by atoms with van der Waals surface area (Å²) >= 11 is 0. The molecule has 7 nitrogen and oxygen atoms in total. The number of aromatic nitrogens is 2. The lowest BCUT2D eigenvalue weighted by Gasteiger charge is -2.38. The number of hydrogen-bond donors (Lipinski definition) is 3. The van der Waals surface area contributed by atoms with Crippen molar-refractivity contribution in [2.24, 2.45) is 12.0 Å². The van der Waals surface area contributed by atoms with E-state index >= 15 is 0 Å². The lowest BCUT2D eigenvalue weighted by atomic mass is 10.0. The normalized spacial score (nSPS) is 21.9. The number of piperidine rings is 1. The molecular formula is C19H37IN6O. The van der Waals surface area contributed by atoms with Gasteiger partial charge < -0.3 is 15.7 Å². The molecule has 0 bridgehead atoms. The van der Waals surface area contributed by atoms with E-state index in [2.05, 4.69) is 39.5 Å². The molecule has 1 aliphatic rings. The van der Waals surface area contributed by atoms with Crippen molar-refractivity contribution in [3.63, 3.8) is 0 Å². The fraction of sp³-hybridized carbons (Fsp3) is 0.789. The summed E-state index contributed by atoms with van der Waals surface area (Å²) < 4.78 is 1.69. The minimum Gasteiger partial charge on any atom is -0.383 e. The molecule has 1 aliphatic heterocycles. The molecule has 2 rings (SSSR count). The van der Waals surface area contributed by atoms with Gasteiger partial charge in [-0.15, -0.1) is 24.0 Å². The minimum absolute atomic E-state index is 0. The van der Waals surface area contributed by atoms with Gasteiger partial charge in [0.2, 0.25) is 0 Å². The highest BCUT2D eigenvalue weighted by atomic mass is 127. The van der Waals surface area contributed by atoms with Crippen LogP contribution in [0.4, 0.5) is 0 Å². The highest BCUT2D eigenvalue weighted by Gasteiger charge is 2.25. The number of aliphatic hydroxyl groups is 1. The van der Waals surface area contributed by atoms with E-state index in [1.807, 2.05) is 20.2 Å². The van der Waals surface area contributed by atoms with Crippen LogP contribution in [0, 0.1) is 0 Å². The average Bonchev–Trinajstić information content (AvgIpc) is 3.05. The molecule has 0 aromatic carbocycles. The molecule has 0 amide bonds. The van der Waals surface area contributed by atoms with Crippen molar-refractivity contribution in [1.82, 2.24) is 25.3 Å². The van der Waals surface area contributed by atoms with E-state index in [1.165, 1.54) is 25.8 Å². The van der Waals surface area contributed by atoms with Gasteiger partial charge in [-0.3, -0.25) is 9.58 Å². The van der Waals surface area contributed by atoms with Gasteiger partial charge in [0.15, 0.2) is 5.96 Å². The first-order valence-corrected chi connectivity index (χ1v) is 9.83. The fourth-order valence-corrected chi connectivity index (χ4v) is 3.50. The average molecular weight is 492 g/mol. The molecule has 2 heterocycles. The predicted octanol–water partition coefficient (Wildman–Crippen LogP) is 2.06. The van der Waals surface area contributed by atoms with Gasteiger partial charge in [-0.05, 0) is 47.1 Å². The van der Waals surface area contributed by atoms with Crippen LogP contribution in [-0.2, 0) is 12.6 Å². The summed E-state index contributed by atoms with van der Waals surface area (Å²) in [5.74, 6) is 0.744. The number of likely N-dealkylation sites (tertiary alicyclic amines) is 1. The molecule has 3 N–H and O–H groups in total. The van der Waals surface area contributed by atoms with Crippen molar-refractivity contribution in [2.75, 3.05) is 26.2 Å². The summed E-state index contributed by atoms with van der Waals surface area (Å²) in [5, 5.41) is 21.5. The quantitative estimate of drug-likeness (QED) is 0.309. The van der Waals surface area contributed by atoms with Crippen LogP contribution in [0.3, 0.4) is 0 Å². The zero-order valence-corrected chi connectivity index (χ0v) is 19.7. The van der Waals surface area contributed by atoms with Crippen molar-refractivity contribution in [3.05, 3.63) is 18.0 Å². The first-order valence-electron chi connectivity index (χ1n) is 9.83. The van der Waals surface area contributed by atoms with Gasteiger partial charge in [0.25, 0.3) is 0 Å². The molecule has 1 saturated heterocycles. The van der Waals surface area contributed by atoms with Gasteiger partial charge in [-0.2, -0.15) is 5.10 Å². The lowest BCUT2D eigenvalue weighted by molar-refractivity contribution is 0.0671. The molecular weight excluding hydrogens is 455 g/mol. The van der Waals surface area contributed by atoms with Crippen molar-refractivity contribution < 1.29 is 5.11 Å². The van der Waals surface area contributed by atoms with Crippen LogP contribution in [-0.4, -0.2) is 64.0 Å². The Bertz CT molecular complexity index is 589. The summed E-state index contributed by atoms with van der Waals surface area (Å²) in [4.78, 5) is 7.17. The Labute approximate surface area is 181 Å². The van der Waals surface area contributed by atoms with Crippen LogP contribution in [0.2, 0.25) is 0 Å². The van der Waals surface area contributed by atoms with E-state index in [4.69, 9.17) is 0 Å². The maximum Gasteiger partial charge on any atom is 0.191 e. The summed E-state index contributed by atoms with van der Waals surface area (Å²) in [7, 11) is 1.84. The van der Waals surface area contributed by atoms with Gasteiger partial charge >= 0.3 is 0 Å². The number of aryl methyl sites for hydroxylation is 1. The first kappa shape index (κ1) is 24.2. The lowest BCUT2D eigenvalue weighted by Crippen LogP contribution is -2.50. The zero-order chi connectivity index (χ0) is 19.2. The van der Waals surface area contributed by atoms with Crippen LogP contribution in [0.15, 0.2) is 17.4 Å². The number of guanidine groups is 1. The highest BCUT2D eigenvalue weighted by molar-refractivity contribution is 14.0. The van der Waals surface area contributed by atoms with Crippen LogP contribution in [0.25, 0.3) is 0 Å². The molecule has 0 aliphatic carbocycles. The predicted molar refractivity (Wildman–Crippen MR) is 122 cm³/mol. The van der Waals surface area contributed by atoms with Gasteiger partial charge in [-0.1, -0.05) is 6.42 Å². The number of nitrogens with one attached hydrogen (secondary N) is 2. The van der Waals surface area contributed by atoms with Gasteiger partial charge in [0.05, 0.1) is 12.7 Å². The van der Waals surface area contributed by atoms with E-state index < -0.39 is 5.60 Å².